The molecule has 3 aliphatic rings. The molecular formula is C15H29N3. The van der Waals surface area contributed by atoms with E-state index in [1.807, 2.05) is 0 Å². The third kappa shape index (κ3) is 2.59. The van der Waals surface area contributed by atoms with E-state index in [0.29, 0.717) is 0 Å². The summed E-state index contributed by atoms with van der Waals surface area (Å²) >= 11 is 0. The lowest BCUT2D eigenvalue weighted by Crippen LogP contribution is -2.58. The van der Waals surface area contributed by atoms with E-state index in [1.54, 1.807) is 0 Å². The summed E-state index contributed by atoms with van der Waals surface area (Å²) in [6, 6.07) is 2.44. The van der Waals surface area contributed by atoms with E-state index in [0.717, 1.165) is 18.1 Å². The van der Waals surface area contributed by atoms with Gasteiger partial charge in [0.05, 0.1) is 0 Å². The predicted molar refractivity (Wildman–Crippen MR) is 75.9 cm³/mol. The second kappa shape index (κ2) is 5.48. The molecule has 3 rings (SSSR count). The zero-order valence-electron chi connectivity index (χ0n) is 12.1. The quantitative estimate of drug-likeness (QED) is 0.739. The van der Waals surface area contributed by atoms with Gasteiger partial charge >= 0.3 is 0 Å². The van der Waals surface area contributed by atoms with Gasteiger partial charge in [0.2, 0.25) is 0 Å². The van der Waals surface area contributed by atoms with Crippen LogP contribution in [-0.4, -0.2) is 72.6 Å². The molecular weight excluding hydrogens is 222 g/mol. The Morgan fingerprint density at radius 1 is 1.00 bits per heavy atom. The second-order valence-electron chi connectivity index (χ2n) is 6.72. The van der Waals surface area contributed by atoms with Crippen LogP contribution in [0.3, 0.4) is 0 Å². The number of likely N-dealkylation sites (N-methyl/N-ethyl adjacent to an activating group) is 1. The van der Waals surface area contributed by atoms with E-state index in [1.165, 1.54) is 64.8 Å². The Kier molecular flexibility index (Phi) is 3.92. The molecule has 3 atom stereocenters. The molecule has 3 saturated heterocycles. The van der Waals surface area contributed by atoms with Gasteiger partial charge in [-0.3, -0.25) is 9.80 Å². The first kappa shape index (κ1) is 12.9. The SMILES string of the molecule is CC1CN2CCCC2CN1CC1CCCCN1C. The molecule has 3 fully saturated rings. The van der Waals surface area contributed by atoms with E-state index in [9.17, 15) is 0 Å². The van der Waals surface area contributed by atoms with Crippen LogP contribution in [0.4, 0.5) is 0 Å². The standard InChI is InChI=1S/C15H29N3/c1-13-10-17-9-5-7-15(17)12-18(13)11-14-6-3-4-8-16(14)2/h13-15H,3-12H2,1-2H3. The summed E-state index contributed by atoms with van der Waals surface area (Å²) < 4.78 is 0. The minimum atomic E-state index is 0.759. The molecule has 0 spiro atoms. The number of hydrogen-bond acceptors (Lipinski definition) is 3. The number of likely N-dealkylation sites (tertiary alicyclic amines) is 1. The van der Waals surface area contributed by atoms with Crippen molar-refractivity contribution < 1.29 is 0 Å². The highest BCUT2D eigenvalue weighted by atomic mass is 15.3. The first-order valence-electron chi connectivity index (χ1n) is 7.92. The van der Waals surface area contributed by atoms with Crippen molar-refractivity contribution in [3.8, 4) is 0 Å². The van der Waals surface area contributed by atoms with Gasteiger partial charge in [-0.1, -0.05) is 6.42 Å². The molecule has 0 aliphatic carbocycles. The maximum Gasteiger partial charge on any atom is 0.0224 e. The summed E-state index contributed by atoms with van der Waals surface area (Å²) in [7, 11) is 2.32. The van der Waals surface area contributed by atoms with Crippen molar-refractivity contribution in [2.24, 2.45) is 0 Å². The Morgan fingerprint density at radius 3 is 2.72 bits per heavy atom. The third-order valence-electron chi connectivity index (χ3n) is 5.43. The molecule has 0 radical (unpaired) electrons. The van der Waals surface area contributed by atoms with Gasteiger partial charge in [-0.05, 0) is 52.7 Å². The lowest BCUT2D eigenvalue weighted by molar-refractivity contribution is 0.0316. The summed E-state index contributed by atoms with van der Waals surface area (Å²) in [5, 5.41) is 0. The van der Waals surface area contributed by atoms with Crippen molar-refractivity contribution in [2.75, 3.05) is 39.8 Å². The lowest BCUT2D eigenvalue weighted by Gasteiger charge is -2.45. The molecule has 0 saturated carbocycles. The largest absolute Gasteiger partial charge is 0.302 e. The van der Waals surface area contributed by atoms with Crippen molar-refractivity contribution in [2.45, 2.75) is 57.2 Å². The number of rotatable bonds is 2. The summed E-state index contributed by atoms with van der Waals surface area (Å²) in [5.41, 5.74) is 0. The van der Waals surface area contributed by atoms with Crippen LogP contribution in [0.15, 0.2) is 0 Å². The Bertz CT molecular complexity index is 281. The molecule has 0 N–H and O–H groups in total. The Morgan fingerprint density at radius 2 is 1.89 bits per heavy atom. The van der Waals surface area contributed by atoms with Crippen molar-refractivity contribution >= 4 is 0 Å². The van der Waals surface area contributed by atoms with Crippen molar-refractivity contribution in [3.63, 3.8) is 0 Å². The number of nitrogens with zero attached hydrogens (tertiary/aromatic N) is 3. The number of fused-ring (bicyclic) bond motifs is 1. The summed E-state index contributed by atoms with van der Waals surface area (Å²) in [6.07, 6.45) is 7.11. The van der Waals surface area contributed by atoms with Crippen molar-refractivity contribution in [1.82, 2.24) is 14.7 Å². The molecule has 0 aromatic rings. The van der Waals surface area contributed by atoms with Crippen LogP contribution in [0, 0.1) is 0 Å². The zero-order valence-corrected chi connectivity index (χ0v) is 12.1. The lowest BCUT2D eigenvalue weighted by atomic mass is 10.0. The highest BCUT2D eigenvalue weighted by Crippen LogP contribution is 2.26. The normalized spacial score (nSPS) is 40.0. The van der Waals surface area contributed by atoms with Gasteiger partial charge in [0.25, 0.3) is 0 Å². The molecule has 0 aromatic carbocycles. The number of piperazine rings is 1. The van der Waals surface area contributed by atoms with Crippen LogP contribution >= 0.6 is 0 Å². The van der Waals surface area contributed by atoms with Gasteiger partial charge in [0, 0.05) is 37.8 Å². The fourth-order valence-corrected chi connectivity index (χ4v) is 4.15. The van der Waals surface area contributed by atoms with Crippen molar-refractivity contribution in [1.29, 1.82) is 0 Å². The minimum absolute atomic E-state index is 0.759. The van der Waals surface area contributed by atoms with E-state index >= 15 is 0 Å². The zero-order chi connectivity index (χ0) is 12.5. The molecule has 0 aromatic heterocycles. The first-order chi connectivity index (χ1) is 8.74. The minimum Gasteiger partial charge on any atom is -0.302 e. The van der Waals surface area contributed by atoms with E-state index < -0.39 is 0 Å². The van der Waals surface area contributed by atoms with Crippen LogP contribution < -0.4 is 0 Å². The van der Waals surface area contributed by atoms with Gasteiger partial charge in [0.15, 0.2) is 0 Å². The average Bonchev–Trinajstić information content (AvgIpc) is 2.79. The van der Waals surface area contributed by atoms with Crippen LogP contribution in [0.25, 0.3) is 0 Å². The maximum atomic E-state index is 2.78. The predicted octanol–water partition coefficient (Wildman–Crippen LogP) is 1.64. The van der Waals surface area contributed by atoms with E-state index in [2.05, 4.69) is 28.7 Å². The molecule has 0 bridgehead atoms. The molecule has 3 aliphatic heterocycles. The van der Waals surface area contributed by atoms with Gasteiger partial charge in [0.1, 0.15) is 0 Å². The van der Waals surface area contributed by atoms with Crippen LogP contribution in [-0.2, 0) is 0 Å². The molecule has 104 valence electrons. The molecule has 3 heterocycles. The fourth-order valence-electron chi connectivity index (χ4n) is 4.15. The molecule has 0 amide bonds. The van der Waals surface area contributed by atoms with Gasteiger partial charge in [-0.15, -0.1) is 0 Å². The van der Waals surface area contributed by atoms with Gasteiger partial charge in [-0.25, -0.2) is 0 Å². The Hall–Kier alpha value is -0.120. The monoisotopic (exact) mass is 251 g/mol. The topological polar surface area (TPSA) is 9.72 Å². The average molecular weight is 251 g/mol. The molecule has 3 heteroatoms. The van der Waals surface area contributed by atoms with Crippen LogP contribution in [0.2, 0.25) is 0 Å². The van der Waals surface area contributed by atoms with Crippen LogP contribution in [0.1, 0.15) is 39.0 Å². The molecule has 18 heavy (non-hydrogen) atoms. The van der Waals surface area contributed by atoms with E-state index in [4.69, 9.17) is 0 Å². The van der Waals surface area contributed by atoms with Crippen molar-refractivity contribution in [3.05, 3.63) is 0 Å². The smallest absolute Gasteiger partial charge is 0.0224 e. The van der Waals surface area contributed by atoms with Crippen LogP contribution in [0.5, 0.6) is 0 Å². The highest BCUT2D eigenvalue weighted by Gasteiger charge is 2.35. The maximum absolute atomic E-state index is 2.78. The Labute approximate surface area is 112 Å². The van der Waals surface area contributed by atoms with Gasteiger partial charge < -0.3 is 4.90 Å². The second-order valence-corrected chi connectivity index (χ2v) is 6.72. The summed E-state index contributed by atoms with van der Waals surface area (Å²) in [4.78, 5) is 8.10. The number of piperidine rings is 1. The highest BCUT2D eigenvalue weighted by molar-refractivity contribution is 4.92. The van der Waals surface area contributed by atoms with Gasteiger partial charge in [-0.2, -0.15) is 0 Å². The number of hydrogen-bond donors (Lipinski definition) is 0. The summed E-state index contributed by atoms with van der Waals surface area (Å²) in [6.45, 7) is 9.03. The summed E-state index contributed by atoms with van der Waals surface area (Å²) in [5.74, 6) is 0. The fraction of sp³-hybridized carbons (Fsp3) is 1.00. The Balaban J connectivity index is 1.58. The first-order valence-corrected chi connectivity index (χ1v) is 7.92. The molecule has 3 unspecified atom stereocenters. The van der Waals surface area contributed by atoms with E-state index in [-0.39, 0.29) is 0 Å². The molecule has 3 nitrogen and oxygen atoms in total. The third-order valence-corrected chi connectivity index (χ3v) is 5.43.